The summed E-state index contributed by atoms with van der Waals surface area (Å²) in [6, 6.07) is 8.95. The van der Waals surface area contributed by atoms with Crippen molar-refractivity contribution >= 4 is 12.2 Å². The molecule has 1 saturated carbocycles. The largest absolute Gasteiger partial charge is 0.343 e. The van der Waals surface area contributed by atoms with Crippen LogP contribution in [0.15, 0.2) is 24.3 Å². The molecule has 3 heteroatoms. The molecule has 1 aromatic carbocycles. The molecule has 2 aromatic rings. The second-order valence-electron chi connectivity index (χ2n) is 5.59. The van der Waals surface area contributed by atoms with Gasteiger partial charge in [-0.2, -0.15) is 0 Å². The molecule has 20 heavy (non-hydrogen) atoms. The summed E-state index contributed by atoms with van der Waals surface area (Å²) >= 11 is 5.36. The molecule has 0 saturated heterocycles. The molecule has 1 aromatic heterocycles. The van der Waals surface area contributed by atoms with Crippen LogP contribution in [0.25, 0.3) is 11.3 Å². The fourth-order valence-corrected chi connectivity index (χ4v) is 2.91. The minimum Gasteiger partial charge on any atom is -0.343 e. The van der Waals surface area contributed by atoms with E-state index in [9.17, 15) is 0 Å². The average molecular weight is 284 g/mol. The average Bonchev–Trinajstić information content (AvgIpc) is 2.41. The van der Waals surface area contributed by atoms with E-state index in [1.54, 1.807) is 0 Å². The summed E-state index contributed by atoms with van der Waals surface area (Å²) in [6.45, 7) is 4.13. The van der Waals surface area contributed by atoms with Crippen LogP contribution in [0.5, 0.6) is 0 Å². The molecule has 3 rings (SSSR count). The first-order chi connectivity index (χ1) is 9.69. The molecule has 0 bridgehead atoms. The Morgan fingerprint density at radius 3 is 2.50 bits per heavy atom. The lowest BCUT2D eigenvalue weighted by Gasteiger charge is -2.25. The number of aromatic amines is 1. The number of nitrogens with zero attached hydrogens (tertiary/aromatic N) is 1. The Morgan fingerprint density at radius 1 is 1.25 bits per heavy atom. The Balaban J connectivity index is 1.99. The lowest BCUT2D eigenvalue weighted by atomic mass is 9.80. The molecular formula is C17H20N2S. The topological polar surface area (TPSA) is 28.7 Å². The molecule has 1 N–H and O–H groups in total. The van der Waals surface area contributed by atoms with Crippen molar-refractivity contribution in [3.05, 3.63) is 45.9 Å². The lowest BCUT2D eigenvalue weighted by Crippen LogP contribution is -2.08. The number of rotatable bonds is 3. The predicted molar refractivity (Wildman–Crippen MR) is 85.6 cm³/mol. The van der Waals surface area contributed by atoms with Gasteiger partial charge in [0, 0.05) is 12.0 Å². The van der Waals surface area contributed by atoms with Crippen LogP contribution in [0, 0.1) is 11.6 Å². The van der Waals surface area contributed by atoms with Crippen molar-refractivity contribution in [2.24, 2.45) is 0 Å². The fourth-order valence-electron chi connectivity index (χ4n) is 2.70. The van der Waals surface area contributed by atoms with Crippen molar-refractivity contribution in [2.45, 2.75) is 45.4 Å². The van der Waals surface area contributed by atoms with Crippen molar-refractivity contribution in [2.75, 3.05) is 0 Å². The number of hydrogen-bond acceptors (Lipinski definition) is 2. The Labute approximate surface area is 125 Å². The first-order valence-corrected chi connectivity index (χ1v) is 7.80. The number of aryl methyl sites for hydroxylation is 1. The van der Waals surface area contributed by atoms with Gasteiger partial charge < -0.3 is 4.98 Å². The van der Waals surface area contributed by atoms with Crippen LogP contribution in [0.1, 0.15) is 49.1 Å². The van der Waals surface area contributed by atoms with Crippen LogP contribution < -0.4 is 0 Å². The van der Waals surface area contributed by atoms with E-state index in [0.717, 1.165) is 29.4 Å². The van der Waals surface area contributed by atoms with Crippen LogP contribution in [0.2, 0.25) is 0 Å². The molecular weight excluding hydrogens is 264 g/mol. The Morgan fingerprint density at radius 2 is 1.95 bits per heavy atom. The molecule has 0 spiro atoms. The highest BCUT2D eigenvalue weighted by Crippen LogP contribution is 2.37. The second kappa shape index (κ2) is 5.49. The first kappa shape index (κ1) is 13.5. The van der Waals surface area contributed by atoms with E-state index in [1.807, 2.05) is 6.92 Å². The highest BCUT2D eigenvalue weighted by molar-refractivity contribution is 7.71. The van der Waals surface area contributed by atoms with E-state index in [2.05, 4.69) is 41.2 Å². The zero-order valence-electron chi connectivity index (χ0n) is 12.1. The van der Waals surface area contributed by atoms with Gasteiger partial charge in [0.25, 0.3) is 0 Å². The van der Waals surface area contributed by atoms with Gasteiger partial charge in [-0.15, -0.1) is 0 Å². The maximum absolute atomic E-state index is 5.36. The zero-order chi connectivity index (χ0) is 14.1. The maximum Gasteiger partial charge on any atom is 0.133 e. The predicted octanol–water partition coefficient (Wildman–Crippen LogP) is 4.94. The van der Waals surface area contributed by atoms with E-state index >= 15 is 0 Å². The highest BCUT2D eigenvalue weighted by Gasteiger charge is 2.19. The number of benzene rings is 1. The minimum atomic E-state index is 0.707. The molecule has 0 atom stereocenters. The van der Waals surface area contributed by atoms with Gasteiger partial charge in [-0.1, -0.05) is 49.8 Å². The van der Waals surface area contributed by atoms with Gasteiger partial charge >= 0.3 is 0 Å². The number of hydrogen-bond donors (Lipinski definition) is 1. The molecule has 0 amide bonds. The van der Waals surface area contributed by atoms with Gasteiger partial charge in [0.15, 0.2) is 0 Å². The zero-order valence-corrected chi connectivity index (χ0v) is 12.9. The van der Waals surface area contributed by atoms with Gasteiger partial charge in [0.05, 0.1) is 5.69 Å². The maximum atomic E-state index is 5.36. The van der Waals surface area contributed by atoms with Gasteiger partial charge in [0.1, 0.15) is 10.5 Å². The second-order valence-corrected chi connectivity index (χ2v) is 5.98. The molecule has 104 valence electrons. The third kappa shape index (κ3) is 2.42. The molecule has 0 aliphatic heterocycles. The number of aromatic nitrogens is 2. The molecule has 1 heterocycles. The smallest absolute Gasteiger partial charge is 0.133 e. The van der Waals surface area contributed by atoms with Crippen LogP contribution in [-0.4, -0.2) is 9.97 Å². The van der Waals surface area contributed by atoms with E-state index in [-0.39, 0.29) is 0 Å². The number of nitrogens with one attached hydrogen (secondary N) is 1. The highest BCUT2D eigenvalue weighted by atomic mass is 32.1. The van der Waals surface area contributed by atoms with Crippen LogP contribution >= 0.6 is 12.2 Å². The van der Waals surface area contributed by atoms with Crippen molar-refractivity contribution in [1.82, 2.24) is 9.97 Å². The Hall–Kier alpha value is -1.48. The quantitative estimate of drug-likeness (QED) is 0.808. The van der Waals surface area contributed by atoms with Gasteiger partial charge in [-0.3, -0.25) is 0 Å². The van der Waals surface area contributed by atoms with Crippen molar-refractivity contribution in [3.63, 3.8) is 0 Å². The molecule has 2 nitrogen and oxygen atoms in total. The monoisotopic (exact) mass is 284 g/mol. The van der Waals surface area contributed by atoms with Crippen molar-refractivity contribution < 1.29 is 0 Å². The van der Waals surface area contributed by atoms with Gasteiger partial charge in [0.2, 0.25) is 0 Å². The summed E-state index contributed by atoms with van der Waals surface area (Å²) in [6.07, 6.45) is 4.94. The summed E-state index contributed by atoms with van der Waals surface area (Å²) in [7, 11) is 0. The van der Waals surface area contributed by atoms with Crippen molar-refractivity contribution in [1.29, 1.82) is 0 Å². The Bertz CT molecular complexity index is 666. The van der Waals surface area contributed by atoms with Crippen LogP contribution in [0.3, 0.4) is 0 Å². The summed E-state index contributed by atoms with van der Waals surface area (Å²) in [4.78, 5) is 7.82. The molecule has 0 unspecified atom stereocenters. The lowest BCUT2D eigenvalue weighted by molar-refractivity contribution is 0.420. The van der Waals surface area contributed by atoms with E-state index in [0.29, 0.717) is 4.64 Å². The molecule has 1 aliphatic rings. The number of H-pyrrole nitrogens is 1. The van der Waals surface area contributed by atoms with E-state index in [4.69, 9.17) is 12.2 Å². The molecule has 0 radical (unpaired) electrons. The summed E-state index contributed by atoms with van der Waals surface area (Å²) in [5, 5.41) is 0. The summed E-state index contributed by atoms with van der Waals surface area (Å²) < 4.78 is 0.707. The minimum absolute atomic E-state index is 0.707. The molecule has 1 aliphatic carbocycles. The van der Waals surface area contributed by atoms with E-state index < -0.39 is 0 Å². The standard InChI is InChI=1S/C17H20N2S/c1-3-15-18-16(11(2)17(20)19-15)14-9-7-13(8-10-14)12-5-4-6-12/h7-10,12H,3-6H2,1-2H3,(H,18,19,20). The van der Waals surface area contributed by atoms with E-state index in [1.165, 1.54) is 30.4 Å². The van der Waals surface area contributed by atoms with Crippen LogP contribution in [-0.2, 0) is 6.42 Å². The van der Waals surface area contributed by atoms with Crippen LogP contribution in [0.4, 0.5) is 0 Å². The molecule has 1 fully saturated rings. The van der Waals surface area contributed by atoms with Gasteiger partial charge in [-0.05, 0) is 36.8 Å². The summed E-state index contributed by atoms with van der Waals surface area (Å²) in [5.74, 6) is 1.74. The third-order valence-electron chi connectivity index (χ3n) is 4.31. The third-order valence-corrected chi connectivity index (χ3v) is 4.71. The van der Waals surface area contributed by atoms with Gasteiger partial charge in [-0.25, -0.2) is 4.98 Å². The van der Waals surface area contributed by atoms with Crippen molar-refractivity contribution in [3.8, 4) is 11.3 Å². The summed E-state index contributed by atoms with van der Waals surface area (Å²) in [5.41, 5.74) is 4.85. The normalized spacial score (nSPS) is 15.1. The Kier molecular flexibility index (Phi) is 3.70. The first-order valence-electron chi connectivity index (χ1n) is 7.39. The fraction of sp³-hybridized carbons (Fsp3) is 0.412. The SMILES string of the molecule is CCc1nc(=S)c(C)c(-c2ccc(C3CCC3)cc2)[nH]1.